The highest BCUT2D eigenvalue weighted by Crippen LogP contribution is 2.46. The van der Waals surface area contributed by atoms with Crippen LogP contribution in [0.15, 0.2) is 78.9 Å². The largest absolute Gasteiger partial charge is 0.291 e. The summed E-state index contributed by atoms with van der Waals surface area (Å²) in [5.74, 6) is 0. The van der Waals surface area contributed by atoms with Gasteiger partial charge in [0.05, 0.1) is 22.1 Å². The van der Waals surface area contributed by atoms with E-state index in [4.69, 9.17) is 9.97 Å². The van der Waals surface area contributed by atoms with Gasteiger partial charge in [0.1, 0.15) is 5.52 Å². The van der Waals surface area contributed by atoms with Gasteiger partial charge in [-0.15, -0.1) is 11.3 Å². The lowest BCUT2D eigenvalue weighted by atomic mass is 10.0. The molecule has 4 aromatic carbocycles. The molecule has 0 fully saturated rings. The molecule has 0 unspecified atom stereocenters. The molecule has 8 aromatic rings. The van der Waals surface area contributed by atoms with Crippen LogP contribution in [0, 0.1) is 0 Å². The molecule has 4 heterocycles. The fourth-order valence-corrected chi connectivity index (χ4v) is 6.25. The number of hydrogen-bond donors (Lipinski definition) is 0. The molecule has 0 aliphatic heterocycles. The summed E-state index contributed by atoms with van der Waals surface area (Å²) in [6.45, 7) is 0. The zero-order chi connectivity index (χ0) is 19.4. The Hall–Kier alpha value is -3.76. The van der Waals surface area contributed by atoms with Gasteiger partial charge in [-0.1, -0.05) is 48.5 Å². The van der Waals surface area contributed by atoms with E-state index in [1.54, 1.807) is 0 Å². The standard InChI is InChI=1S/C26H13N3S/c1-5-11-19-14(7-1)16-13-21-22(15-8-2-6-12-20(15)30-21)23-24-26(29(19)25(16)23)28-18-10-4-3-9-17(18)27-24/h1-13H. The fraction of sp³-hybridized carbons (Fsp3) is 0. The Balaban J connectivity index is 1.81. The summed E-state index contributed by atoms with van der Waals surface area (Å²) >= 11 is 1.86. The lowest BCUT2D eigenvalue weighted by molar-refractivity contribution is 1.28. The molecule has 0 saturated heterocycles. The van der Waals surface area contributed by atoms with Crippen molar-refractivity contribution in [1.29, 1.82) is 0 Å². The van der Waals surface area contributed by atoms with Crippen molar-refractivity contribution in [1.82, 2.24) is 14.4 Å². The third-order valence-electron chi connectivity index (χ3n) is 6.30. The molecule has 0 amide bonds. The lowest BCUT2D eigenvalue weighted by Crippen LogP contribution is -1.88. The van der Waals surface area contributed by atoms with Crippen molar-refractivity contribution in [2.24, 2.45) is 0 Å². The Bertz CT molecular complexity index is 1950. The summed E-state index contributed by atoms with van der Waals surface area (Å²) in [5, 5.41) is 6.38. The minimum absolute atomic E-state index is 0.932. The van der Waals surface area contributed by atoms with E-state index in [1.165, 1.54) is 47.4 Å². The molecule has 0 spiro atoms. The summed E-state index contributed by atoms with van der Waals surface area (Å²) in [6.07, 6.45) is 0. The summed E-state index contributed by atoms with van der Waals surface area (Å²) in [4.78, 5) is 10.2. The molecule has 0 N–H and O–H groups in total. The van der Waals surface area contributed by atoms with Crippen LogP contribution < -0.4 is 0 Å². The highest BCUT2D eigenvalue weighted by atomic mass is 32.1. The summed E-state index contributed by atoms with van der Waals surface area (Å²) in [7, 11) is 0. The molecule has 0 radical (unpaired) electrons. The minimum Gasteiger partial charge on any atom is -0.291 e. The first-order valence-electron chi connectivity index (χ1n) is 10.0. The molecule has 0 aliphatic carbocycles. The Morgan fingerprint density at radius 1 is 0.633 bits per heavy atom. The van der Waals surface area contributed by atoms with Crippen LogP contribution in [0.2, 0.25) is 0 Å². The number of fused-ring (bicyclic) bond motifs is 11. The minimum atomic E-state index is 0.932. The van der Waals surface area contributed by atoms with Crippen LogP contribution >= 0.6 is 11.3 Å². The van der Waals surface area contributed by atoms with Crippen LogP contribution in [-0.4, -0.2) is 14.4 Å². The molecule has 0 bridgehead atoms. The van der Waals surface area contributed by atoms with Gasteiger partial charge in [-0.2, -0.15) is 0 Å². The summed E-state index contributed by atoms with van der Waals surface area (Å²) in [5.41, 5.74) is 6.24. The predicted octanol–water partition coefficient (Wildman–Crippen LogP) is 7.15. The first kappa shape index (κ1) is 15.1. The van der Waals surface area contributed by atoms with E-state index in [-0.39, 0.29) is 0 Å². The Morgan fingerprint density at radius 2 is 1.37 bits per heavy atom. The quantitative estimate of drug-likeness (QED) is 0.271. The molecule has 4 heteroatoms. The average Bonchev–Trinajstić information content (AvgIpc) is 3.42. The van der Waals surface area contributed by atoms with Crippen LogP contribution in [0.4, 0.5) is 0 Å². The van der Waals surface area contributed by atoms with E-state index in [9.17, 15) is 0 Å². The number of aromatic nitrogens is 3. The molecule has 8 rings (SSSR count). The van der Waals surface area contributed by atoms with Gasteiger partial charge in [-0.05, 0) is 30.3 Å². The van der Waals surface area contributed by atoms with Gasteiger partial charge in [0.2, 0.25) is 0 Å². The van der Waals surface area contributed by atoms with Crippen LogP contribution in [0.25, 0.3) is 69.6 Å². The number of rotatable bonds is 0. The van der Waals surface area contributed by atoms with Crippen molar-refractivity contribution in [2.45, 2.75) is 0 Å². The second-order valence-corrected chi connectivity index (χ2v) is 8.94. The van der Waals surface area contributed by atoms with Crippen LogP contribution in [0.3, 0.4) is 0 Å². The molecule has 0 saturated carbocycles. The third kappa shape index (κ3) is 1.64. The van der Waals surface area contributed by atoms with Crippen molar-refractivity contribution in [3.8, 4) is 0 Å². The highest BCUT2D eigenvalue weighted by molar-refractivity contribution is 7.26. The molecule has 0 atom stereocenters. The number of thiophene rings is 1. The van der Waals surface area contributed by atoms with Gasteiger partial charge in [-0.3, -0.25) is 4.40 Å². The third-order valence-corrected chi connectivity index (χ3v) is 7.42. The molecular formula is C26H13N3S. The van der Waals surface area contributed by atoms with Gasteiger partial charge in [-0.25, -0.2) is 9.97 Å². The van der Waals surface area contributed by atoms with E-state index >= 15 is 0 Å². The zero-order valence-electron chi connectivity index (χ0n) is 15.8. The van der Waals surface area contributed by atoms with Gasteiger partial charge >= 0.3 is 0 Å². The Morgan fingerprint density at radius 3 is 2.27 bits per heavy atom. The molecule has 138 valence electrons. The number of benzene rings is 4. The summed E-state index contributed by atoms with van der Waals surface area (Å²) in [6, 6.07) is 27.9. The maximum Gasteiger partial charge on any atom is 0.165 e. The van der Waals surface area contributed by atoms with E-state index in [2.05, 4.69) is 65.1 Å². The number of para-hydroxylation sites is 3. The van der Waals surface area contributed by atoms with Gasteiger partial charge in [0.25, 0.3) is 0 Å². The molecule has 30 heavy (non-hydrogen) atoms. The molecular weight excluding hydrogens is 386 g/mol. The second kappa shape index (κ2) is 5.04. The lowest BCUT2D eigenvalue weighted by Gasteiger charge is -2.00. The number of nitrogens with zero attached hydrogens (tertiary/aromatic N) is 3. The Kier molecular flexibility index (Phi) is 2.54. The van der Waals surface area contributed by atoms with Gasteiger partial charge < -0.3 is 0 Å². The monoisotopic (exact) mass is 399 g/mol. The van der Waals surface area contributed by atoms with E-state index in [0.29, 0.717) is 0 Å². The molecule has 4 aromatic heterocycles. The van der Waals surface area contributed by atoms with Gasteiger partial charge in [0.15, 0.2) is 5.65 Å². The zero-order valence-corrected chi connectivity index (χ0v) is 16.6. The van der Waals surface area contributed by atoms with Crippen LogP contribution in [-0.2, 0) is 0 Å². The second-order valence-electron chi connectivity index (χ2n) is 7.86. The van der Waals surface area contributed by atoms with Crippen LogP contribution in [0.5, 0.6) is 0 Å². The van der Waals surface area contributed by atoms with E-state index < -0.39 is 0 Å². The van der Waals surface area contributed by atoms with Crippen molar-refractivity contribution in [3.63, 3.8) is 0 Å². The Labute approximate surface area is 174 Å². The fourth-order valence-electron chi connectivity index (χ4n) is 5.10. The van der Waals surface area contributed by atoms with Crippen molar-refractivity contribution < 1.29 is 0 Å². The number of hydrogen-bond acceptors (Lipinski definition) is 3. The normalized spacial score (nSPS) is 12.7. The van der Waals surface area contributed by atoms with Crippen LogP contribution in [0.1, 0.15) is 0 Å². The smallest absolute Gasteiger partial charge is 0.165 e. The predicted molar refractivity (Wildman–Crippen MR) is 127 cm³/mol. The highest BCUT2D eigenvalue weighted by Gasteiger charge is 2.23. The first-order chi connectivity index (χ1) is 14.9. The maximum atomic E-state index is 5.13. The SMILES string of the molecule is c1ccc2nc3c(nc2c1)c1c2c(cc4c5ccccc5n3c41)sc1ccccc12. The molecule has 3 nitrogen and oxygen atoms in total. The van der Waals surface area contributed by atoms with Crippen molar-refractivity contribution in [2.75, 3.05) is 0 Å². The van der Waals surface area contributed by atoms with Crippen molar-refractivity contribution in [3.05, 3.63) is 78.9 Å². The van der Waals surface area contributed by atoms with Gasteiger partial charge in [0, 0.05) is 36.3 Å². The van der Waals surface area contributed by atoms with E-state index in [1.807, 2.05) is 29.5 Å². The summed E-state index contributed by atoms with van der Waals surface area (Å²) < 4.78 is 4.94. The maximum absolute atomic E-state index is 5.13. The first-order valence-corrected chi connectivity index (χ1v) is 10.8. The van der Waals surface area contributed by atoms with E-state index in [0.717, 1.165) is 22.2 Å². The topological polar surface area (TPSA) is 30.2 Å². The molecule has 0 aliphatic rings. The van der Waals surface area contributed by atoms with Crippen molar-refractivity contribution >= 4 is 80.9 Å². The average molecular weight is 399 g/mol.